The number of morpholine rings is 1. The molecule has 9 nitrogen and oxygen atoms in total. The maximum Gasteiger partial charge on any atom is 0.320 e. The third-order valence-corrected chi connectivity index (χ3v) is 6.23. The molecule has 0 aliphatic carbocycles. The van der Waals surface area contributed by atoms with E-state index in [0.29, 0.717) is 19.2 Å². The summed E-state index contributed by atoms with van der Waals surface area (Å²) in [6.45, 7) is 5.58. The molecule has 3 fully saturated rings. The van der Waals surface area contributed by atoms with Crippen molar-refractivity contribution in [3.05, 3.63) is 6.07 Å². The van der Waals surface area contributed by atoms with Gasteiger partial charge in [-0.15, -0.1) is 0 Å². The van der Waals surface area contributed by atoms with Gasteiger partial charge in [0.1, 0.15) is 17.7 Å². The minimum Gasteiger partial charge on any atom is -0.480 e. The first-order valence-electron chi connectivity index (χ1n) is 9.61. The number of aromatic nitrogens is 2. The number of hydrogen-bond acceptors (Lipinski definition) is 8. The monoisotopic (exact) mass is 376 g/mol. The van der Waals surface area contributed by atoms with Gasteiger partial charge in [-0.05, 0) is 31.7 Å². The molecule has 3 aliphatic rings. The SMILES string of the molecule is CN1CC2(CCN(c3cc(N4CCOCC4)nc(N)n3)CC2)C[C@H]1C(=O)O. The lowest BCUT2D eigenvalue weighted by atomic mass is 9.76. The number of nitrogens with two attached hydrogens (primary N) is 1. The summed E-state index contributed by atoms with van der Waals surface area (Å²) in [6, 6.07) is 1.65. The van der Waals surface area contributed by atoms with Crippen LogP contribution in [-0.2, 0) is 9.53 Å². The van der Waals surface area contributed by atoms with Crippen molar-refractivity contribution in [1.82, 2.24) is 14.9 Å². The highest BCUT2D eigenvalue weighted by molar-refractivity contribution is 5.74. The molecule has 0 unspecified atom stereocenters. The van der Waals surface area contributed by atoms with E-state index in [1.54, 1.807) is 0 Å². The molecule has 3 saturated heterocycles. The van der Waals surface area contributed by atoms with Crippen LogP contribution < -0.4 is 15.5 Å². The molecular formula is C18H28N6O3. The van der Waals surface area contributed by atoms with Gasteiger partial charge in [-0.2, -0.15) is 9.97 Å². The van der Waals surface area contributed by atoms with E-state index in [1.165, 1.54) is 0 Å². The van der Waals surface area contributed by atoms with Gasteiger partial charge in [0.15, 0.2) is 0 Å². The Hall–Kier alpha value is -2.13. The predicted octanol–water partition coefficient (Wildman–Crippen LogP) is 0.271. The van der Waals surface area contributed by atoms with E-state index in [0.717, 1.165) is 63.6 Å². The highest BCUT2D eigenvalue weighted by Gasteiger charge is 2.46. The predicted molar refractivity (Wildman–Crippen MR) is 102 cm³/mol. The summed E-state index contributed by atoms with van der Waals surface area (Å²) in [6.07, 6.45) is 2.67. The van der Waals surface area contributed by atoms with Gasteiger partial charge in [-0.3, -0.25) is 9.69 Å². The Morgan fingerprint density at radius 3 is 2.33 bits per heavy atom. The fourth-order valence-electron chi connectivity index (χ4n) is 4.67. The Balaban J connectivity index is 1.45. The van der Waals surface area contributed by atoms with Crippen LogP contribution in [0.4, 0.5) is 17.6 Å². The van der Waals surface area contributed by atoms with Crippen molar-refractivity contribution in [2.45, 2.75) is 25.3 Å². The first-order chi connectivity index (χ1) is 13.0. The molecule has 1 aromatic rings. The van der Waals surface area contributed by atoms with Crippen LogP contribution in [0.5, 0.6) is 0 Å². The highest BCUT2D eigenvalue weighted by atomic mass is 16.5. The maximum absolute atomic E-state index is 11.5. The standard InChI is InChI=1S/C18H28N6O3/c1-22-12-18(11-13(22)16(25)26)2-4-23(5-3-18)14-10-15(21-17(19)20-14)24-6-8-27-9-7-24/h10,13H,2-9,11-12H2,1H3,(H,25,26)(H2,19,20,21)/t13-/m0/s1. The van der Waals surface area contributed by atoms with Gasteiger partial charge in [0, 0.05) is 38.8 Å². The second-order valence-corrected chi connectivity index (χ2v) is 8.00. The van der Waals surface area contributed by atoms with Crippen LogP contribution in [0.3, 0.4) is 0 Å². The summed E-state index contributed by atoms with van der Waals surface area (Å²) in [5, 5.41) is 9.42. The van der Waals surface area contributed by atoms with Crippen molar-refractivity contribution in [3.63, 3.8) is 0 Å². The average Bonchev–Trinajstić information content (AvgIpc) is 2.99. The van der Waals surface area contributed by atoms with Crippen molar-refractivity contribution in [2.75, 3.05) is 68.5 Å². The number of carboxylic acids is 1. The zero-order chi connectivity index (χ0) is 19.0. The van der Waals surface area contributed by atoms with Gasteiger partial charge in [0.2, 0.25) is 5.95 Å². The van der Waals surface area contributed by atoms with Crippen molar-refractivity contribution in [2.24, 2.45) is 5.41 Å². The summed E-state index contributed by atoms with van der Waals surface area (Å²) < 4.78 is 5.41. The molecule has 4 rings (SSSR count). The van der Waals surface area contributed by atoms with Gasteiger partial charge in [0.05, 0.1) is 13.2 Å². The van der Waals surface area contributed by atoms with Crippen LogP contribution >= 0.6 is 0 Å². The molecule has 148 valence electrons. The molecule has 1 spiro atoms. The quantitative estimate of drug-likeness (QED) is 0.768. The summed E-state index contributed by atoms with van der Waals surface area (Å²) in [5.74, 6) is 1.30. The van der Waals surface area contributed by atoms with E-state index >= 15 is 0 Å². The average molecular weight is 376 g/mol. The van der Waals surface area contributed by atoms with Crippen molar-refractivity contribution in [3.8, 4) is 0 Å². The number of carbonyl (C=O) groups is 1. The van der Waals surface area contributed by atoms with Gasteiger partial charge in [-0.1, -0.05) is 0 Å². The number of nitrogens with zero attached hydrogens (tertiary/aromatic N) is 5. The Morgan fingerprint density at radius 2 is 1.78 bits per heavy atom. The van der Waals surface area contributed by atoms with Crippen molar-refractivity contribution < 1.29 is 14.6 Å². The molecule has 0 saturated carbocycles. The molecule has 4 heterocycles. The first kappa shape index (κ1) is 18.2. The van der Waals surface area contributed by atoms with Crippen LogP contribution in [0.1, 0.15) is 19.3 Å². The molecule has 0 aromatic carbocycles. The lowest BCUT2D eigenvalue weighted by molar-refractivity contribution is -0.141. The molecule has 0 radical (unpaired) electrons. The highest BCUT2D eigenvalue weighted by Crippen LogP contribution is 2.43. The number of aliphatic carboxylic acids is 1. The molecule has 9 heteroatoms. The van der Waals surface area contributed by atoms with E-state index in [4.69, 9.17) is 10.5 Å². The van der Waals surface area contributed by atoms with E-state index in [1.807, 2.05) is 18.0 Å². The van der Waals surface area contributed by atoms with Crippen molar-refractivity contribution >= 4 is 23.6 Å². The number of nitrogen functional groups attached to an aromatic ring is 1. The number of rotatable bonds is 3. The molecular weight excluding hydrogens is 348 g/mol. The molecule has 3 aliphatic heterocycles. The summed E-state index contributed by atoms with van der Waals surface area (Å²) in [7, 11) is 1.92. The van der Waals surface area contributed by atoms with Crippen molar-refractivity contribution in [1.29, 1.82) is 0 Å². The van der Waals surface area contributed by atoms with E-state index in [2.05, 4.69) is 19.8 Å². The second-order valence-electron chi connectivity index (χ2n) is 8.00. The molecule has 27 heavy (non-hydrogen) atoms. The number of likely N-dealkylation sites (tertiary alicyclic amines) is 1. The normalized spacial score (nSPS) is 25.9. The minimum atomic E-state index is -0.712. The Morgan fingerprint density at radius 1 is 1.19 bits per heavy atom. The maximum atomic E-state index is 11.5. The van der Waals surface area contributed by atoms with E-state index < -0.39 is 5.97 Å². The third kappa shape index (κ3) is 3.66. The molecule has 3 N–H and O–H groups in total. The Kier molecular flexibility index (Phi) is 4.81. The topological polar surface area (TPSA) is 108 Å². The van der Waals surface area contributed by atoms with Crippen LogP contribution in [0.25, 0.3) is 0 Å². The van der Waals surface area contributed by atoms with E-state index in [9.17, 15) is 9.90 Å². The fourth-order valence-corrected chi connectivity index (χ4v) is 4.67. The summed E-state index contributed by atoms with van der Waals surface area (Å²) >= 11 is 0. The lowest BCUT2D eigenvalue weighted by Gasteiger charge is -2.40. The van der Waals surface area contributed by atoms with Crippen LogP contribution in [-0.4, -0.2) is 85.0 Å². The number of piperidine rings is 1. The largest absolute Gasteiger partial charge is 0.480 e. The van der Waals surface area contributed by atoms with Gasteiger partial charge >= 0.3 is 5.97 Å². The number of hydrogen-bond donors (Lipinski definition) is 2. The number of carboxylic acid groups (broad SMARTS) is 1. The number of likely N-dealkylation sites (N-methyl/N-ethyl adjacent to an activating group) is 1. The lowest BCUT2D eigenvalue weighted by Crippen LogP contribution is -2.42. The smallest absolute Gasteiger partial charge is 0.320 e. The molecule has 0 bridgehead atoms. The van der Waals surface area contributed by atoms with Gasteiger partial charge < -0.3 is 25.4 Å². The number of ether oxygens (including phenoxy) is 1. The van der Waals surface area contributed by atoms with Crippen LogP contribution in [0, 0.1) is 5.41 Å². The molecule has 1 atom stereocenters. The molecule has 1 aromatic heterocycles. The minimum absolute atomic E-state index is 0.0971. The number of anilines is 3. The zero-order valence-corrected chi connectivity index (χ0v) is 15.8. The first-order valence-corrected chi connectivity index (χ1v) is 9.61. The summed E-state index contributed by atoms with van der Waals surface area (Å²) in [4.78, 5) is 26.7. The van der Waals surface area contributed by atoms with Gasteiger partial charge in [0.25, 0.3) is 0 Å². The Labute approximate surface area is 159 Å². The third-order valence-electron chi connectivity index (χ3n) is 6.23. The Bertz CT molecular complexity index is 700. The zero-order valence-electron chi connectivity index (χ0n) is 15.8. The van der Waals surface area contributed by atoms with Crippen LogP contribution in [0.2, 0.25) is 0 Å². The second kappa shape index (κ2) is 7.12. The molecule has 0 amide bonds. The summed E-state index contributed by atoms with van der Waals surface area (Å²) in [5.41, 5.74) is 6.08. The van der Waals surface area contributed by atoms with Gasteiger partial charge in [-0.25, -0.2) is 0 Å². The fraction of sp³-hybridized carbons (Fsp3) is 0.722. The van der Waals surface area contributed by atoms with E-state index in [-0.39, 0.29) is 11.5 Å². The van der Waals surface area contributed by atoms with Crippen LogP contribution in [0.15, 0.2) is 6.07 Å².